The summed E-state index contributed by atoms with van der Waals surface area (Å²) in [7, 11) is 0. The summed E-state index contributed by atoms with van der Waals surface area (Å²) in [5, 5.41) is 0. The van der Waals surface area contributed by atoms with Gasteiger partial charge in [-0.05, 0) is 30.4 Å². The van der Waals surface area contributed by atoms with Crippen molar-refractivity contribution in [3.63, 3.8) is 0 Å². The molecule has 0 fully saturated rings. The maximum atomic E-state index is 12.9. The minimum Gasteiger partial charge on any atom is -0.319 e. The third-order valence-corrected chi connectivity index (χ3v) is 3.85. The van der Waals surface area contributed by atoms with Crippen LogP contribution in [0.1, 0.15) is 5.56 Å². The van der Waals surface area contributed by atoms with Crippen molar-refractivity contribution in [2.24, 2.45) is 0 Å². The van der Waals surface area contributed by atoms with E-state index in [-0.39, 0.29) is 11.0 Å². The number of H-pyrrole nitrogens is 1. The van der Waals surface area contributed by atoms with Crippen molar-refractivity contribution < 1.29 is 13.2 Å². The van der Waals surface area contributed by atoms with Gasteiger partial charge in [0.25, 0.3) is 5.56 Å². The molecule has 0 saturated heterocycles. The van der Waals surface area contributed by atoms with Gasteiger partial charge in [0.1, 0.15) is 5.52 Å². The van der Waals surface area contributed by atoms with Crippen molar-refractivity contribution in [3.05, 3.63) is 77.0 Å². The van der Waals surface area contributed by atoms with Gasteiger partial charge < -0.3 is 4.98 Å². The Morgan fingerprint density at radius 1 is 1.00 bits per heavy atom. The fourth-order valence-electron chi connectivity index (χ4n) is 2.71. The van der Waals surface area contributed by atoms with Crippen LogP contribution in [0.2, 0.25) is 0 Å². The first-order chi connectivity index (χ1) is 11.9. The molecule has 8 heteroatoms. The number of aromatic amines is 1. The third-order valence-electron chi connectivity index (χ3n) is 3.85. The molecule has 4 rings (SSSR count). The first kappa shape index (κ1) is 15.3. The van der Waals surface area contributed by atoms with Crippen LogP contribution < -0.4 is 10.5 Å². The molecule has 5 nitrogen and oxygen atoms in total. The van der Waals surface area contributed by atoms with Crippen LogP contribution in [-0.2, 0) is 6.18 Å². The standard InChI is InChI=1S/C17H11F3N4O/c18-17(19,20)11-5-6-13-12(9-11)22-15(25)14-10-21-16(24(13)14)23-7-3-1-2-4-8-23/h1-10H,(H,22,25). The molecule has 0 amide bonds. The molecule has 0 unspecified atom stereocenters. The summed E-state index contributed by atoms with van der Waals surface area (Å²) < 4.78 is 40.4. The Bertz CT molecular complexity index is 1100. The fraction of sp³-hybridized carbons (Fsp3) is 0.0588. The summed E-state index contributed by atoms with van der Waals surface area (Å²) >= 11 is 0. The molecule has 1 N–H and O–H groups in total. The highest BCUT2D eigenvalue weighted by Crippen LogP contribution is 2.31. The predicted octanol–water partition coefficient (Wildman–Crippen LogP) is 3.60. The first-order valence-electron chi connectivity index (χ1n) is 7.36. The predicted molar refractivity (Wildman–Crippen MR) is 88.2 cm³/mol. The van der Waals surface area contributed by atoms with Crippen molar-refractivity contribution in [1.82, 2.24) is 14.4 Å². The van der Waals surface area contributed by atoms with Crippen molar-refractivity contribution in [2.75, 3.05) is 4.90 Å². The Kier molecular flexibility index (Phi) is 3.28. The smallest absolute Gasteiger partial charge is 0.319 e. The quantitative estimate of drug-likeness (QED) is 0.734. The van der Waals surface area contributed by atoms with E-state index in [1.165, 1.54) is 16.7 Å². The van der Waals surface area contributed by atoms with Crippen LogP contribution in [0.5, 0.6) is 0 Å². The maximum absolute atomic E-state index is 12.9. The lowest BCUT2D eigenvalue weighted by atomic mass is 10.2. The molecule has 3 aromatic rings. The average molecular weight is 344 g/mol. The second-order valence-electron chi connectivity index (χ2n) is 5.44. The molecule has 3 heterocycles. The van der Waals surface area contributed by atoms with E-state index in [2.05, 4.69) is 9.97 Å². The van der Waals surface area contributed by atoms with Gasteiger partial charge in [-0.25, -0.2) is 4.98 Å². The van der Waals surface area contributed by atoms with Gasteiger partial charge in [0.15, 0.2) is 0 Å². The molecule has 1 aliphatic heterocycles. The molecular weight excluding hydrogens is 333 g/mol. The van der Waals surface area contributed by atoms with Crippen LogP contribution in [0.3, 0.4) is 0 Å². The highest BCUT2D eigenvalue weighted by atomic mass is 19.4. The molecule has 0 bridgehead atoms. The van der Waals surface area contributed by atoms with Crippen molar-refractivity contribution in [1.29, 1.82) is 0 Å². The van der Waals surface area contributed by atoms with Crippen LogP contribution in [-0.4, -0.2) is 14.4 Å². The van der Waals surface area contributed by atoms with Crippen molar-refractivity contribution in [3.8, 4) is 0 Å². The van der Waals surface area contributed by atoms with E-state index in [0.717, 1.165) is 12.1 Å². The number of allylic oxidation sites excluding steroid dienone is 4. The summed E-state index contributed by atoms with van der Waals surface area (Å²) in [4.78, 5) is 20.7. The maximum Gasteiger partial charge on any atom is 0.416 e. The zero-order valence-electron chi connectivity index (χ0n) is 12.7. The minimum absolute atomic E-state index is 0.0903. The van der Waals surface area contributed by atoms with E-state index in [4.69, 9.17) is 0 Å². The molecule has 2 aromatic heterocycles. The molecule has 1 aliphatic rings. The molecule has 0 spiro atoms. The second kappa shape index (κ2) is 5.37. The van der Waals surface area contributed by atoms with E-state index in [9.17, 15) is 18.0 Å². The number of fused-ring (bicyclic) bond motifs is 3. The van der Waals surface area contributed by atoms with Crippen molar-refractivity contribution in [2.45, 2.75) is 6.18 Å². The Hall–Kier alpha value is -3.29. The van der Waals surface area contributed by atoms with E-state index < -0.39 is 17.3 Å². The monoisotopic (exact) mass is 344 g/mol. The van der Waals surface area contributed by atoms with Gasteiger partial charge in [0.05, 0.1) is 22.8 Å². The third kappa shape index (κ3) is 2.51. The highest BCUT2D eigenvalue weighted by Gasteiger charge is 2.31. The largest absolute Gasteiger partial charge is 0.416 e. The highest BCUT2D eigenvalue weighted by molar-refractivity contribution is 5.81. The molecular formula is C17H11F3N4O. The van der Waals surface area contributed by atoms with E-state index in [0.29, 0.717) is 11.5 Å². The average Bonchev–Trinajstić information content (AvgIpc) is 2.83. The molecule has 0 atom stereocenters. The number of hydrogen-bond acceptors (Lipinski definition) is 3. The summed E-state index contributed by atoms with van der Waals surface area (Å²) in [6.45, 7) is 0. The topological polar surface area (TPSA) is 53.4 Å². The molecule has 1 aromatic carbocycles. The van der Waals surface area contributed by atoms with Gasteiger partial charge in [-0.2, -0.15) is 13.2 Å². The minimum atomic E-state index is -4.49. The number of anilines is 1. The number of halogens is 3. The van der Waals surface area contributed by atoms with Crippen LogP contribution in [0.25, 0.3) is 16.6 Å². The van der Waals surface area contributed by atoms with Gasteiger partial charge in [-0.1, -0.05) is 12.2 Å². The Labute approximate surface area is 139 Å². The normalized spacial score (nSPS) is 14.6. The lowest BCUT2D eigenvalue weighted by Crippen LogP contribution is -2.15. The molecule has 0 radical (unpaired) electrons. The van der Waals surface area contributed by atoms with Gasteiger partial charge in [0.2, 0.25) is 5.95 Å². The van der Waals surface area contributed by atoms with Crippen LogP contribution in [0, 0.1) is 0 Å². The van der Waals surface area contributed by atoms with Gasteiger partial charge in [0, 0.05) is 12.4 Å². The molecule has 126 valence electrons. The summed E-state index contributed by atoms with van der Waals surface area (Å²) in [6, 6.07) is 3.24. The zero-order valence-corrected chi connectivity index (χ0v) is 12.7. The van der Waals surface area contributed by atoms with Crippen molar-refractivity contribution >= 4 is 22.5 Å². The van der Waals surface area contributed by atoms with E-state index in [1.54, 1.807) is 29.5 Å². The number of rotatable bonds is 1. The number of benzene rings is 1. The number of nitrogens with one attached hydrogen (secondary N) is 1. The fourth-order valence-corrected chi connectivity index (χ4v) is 2.71. The molecule has 0 saturated carbocycles. The Morgan fingerprint density at radius 2 is 1.72 bits per heavy atom. The molecule has 0 aliphatic carbocycles. The first-order valence-corrected chi connectivity index (χ1v) is 7.36. The van der Waals surface area contributed by atoms with Crippen LogP contribution >= 0.6 is 0 Å². The Morgan fingerprint density at radius 3 is 2.40 bits per heavy atom. The van der Waals surface area contributed by atoms with Gasteiger partial charge >= 0.3 is 6.18 Å². The van der Waals surface area contributed by atoms with E-state index >= 15 is 0 Å². The number of alkyl halides is 3. The number of nitrogens with zero attached hydrogens (tertiary/aromatic N) is 3. The summed E-state index contributed by atoms with van der Waals surface area (Å²) in [5.41, 5.74) is -0.565. The zero-order chi connectivity index (χ0) is 17.6. The van der Waals surface area contributed by atoms with E-state index in [1.807, 2.05) is 12.2 Å². The van der Waals surface area contributed by atoms with Crippen LogP contribution in [0.4, 0.5) is 19.1 Å². The van der Waals surface area contributed by atoms with Crippen LogP contribution in [0.15, 0.2) is 65.9 Å². The second-order valence-corrected chi connectivity index (χ2v) is 5.44. The van der Waals surface area contributed by atoms with Gasteiger partial charge in [-0.3, -0.25) is 14.1 Å². The lowest BCUT2D eigenvalue weighted by molar-refractivity contribution is -0.137. The SMILES string of the molecule is O=c1[nH]c2cc(C(F)(F)F)ccc2n2c(N3C=CC=CC=C3)ncc12. The Balaban J connectivity index is 2.02. The number of imidazole rings is 1. The number of aromatic nitrogens is 3. The summed E-state index contributed by atoms with van der Waals surface area (Å²) in [6.07, 6.45) is 7.62. The summed E-state index contributed by atoms with van der Waals surface area (Å²) in [5.74, 6) is 0.405. The lowest BCUT2D eigenvalue weighted by Gasteiger charge is -2.15. The number of hydrogen-bond donors (Lipinski definition) is 1. The molecule has 25 heavy (non-hydrogen) atoms. The van der Waals surface area contributed by atoms with Gasteiger partial charge in [-0.15, -0.1) is 0 Å².